The number of aromatic hydroxyl groups is 1. The van der Waals surface area contributed by atoms with E-state index in [9.17, 15) is 10.6 Å². The third-order valence-electron chi connectivity index (χ3n) is 16.7. The molecule has 0 unspecified atom stereocenters. The van der Waals surface area contributed by atoms with Crippen LogP contribution < -0.4 is 0 Å². The van der Waals surface area contributed by atoms with E-state index in [2.05, 4.69) is 159 Å². The zero-order valence-corrected chi connectivity index (χ0v) is 46.0. The highest BCUT2D eigenvalue weighted by molar-refractivity contribution is 5.99. The summed E-state index contributed by atoms with van der Waals surface area (Å²) in [6.07, 6.45) is 6.73. The Hall–Kier alpha value is -8.60. The fraction of sp³-hybridized carbons (Fsp3) is 0.211. The van der Waals surface area contributed by atoms with Crippen LogP contribution in [0.5, 0.6) is 5.75 Å². The van der Waals surface area contributed by atoms with Crippen molar-refractivity contribution in [2.24, 2.45) is 5.92 Å². The Balaban J connectivity index is 0.945. The van der Waals surface area contributed by atoms with Crippen molar-refractivity contribution in [2.75, 3.05) is 0 Å². The Kier molecular flexibility index (Phi) is 12.7. The zero-order valence-electron chi connectivity index (χ0n) is 50.0. The molecule has 2 aromatic heterocycles. The molecule has 0 atom stereocenters. The van der Waals surface area contributed by atoms with Gasteiger partial charge in [0.25, 0.3) is 0 Å². The second-order valence-corrected chi connectivity index (χ2v) is 22.9. The first-order valence-corrected chi connectivity index (χ1v) is 28.6. The molecule has 13 rings (SSSR count). The summed E-state index contributed by atoms with van der Waals surface area (Å²) < 4.78 is 40.2. The second kappa shape index (κ2) is 21.9. The van der Waals surface area contributed by atoms with E-state index in [1.54, 1.807) is 0 Å². The first-order chi connectivity index (χ1) is 40.6. The van der Waals surface area contributed by atoms with Gasteiger partial charge in [-0.3, -0.25) is 9.55 Å². The summed E-state index contributed by atoms with van der Waals surface area (Å²) >= 11 is 0. The van der Waals surface area contributed by atoms with Crippen molar-refractivity contribution in [3.63, 3.8) is 0 Å². The normalized spacial score (nSPS) is 18.6. The number of rotatable bonds is 12. The molecule has 0 amide bonds. The van der Waals surface area contributed by atoms with Gasteiger partial charge in [0.15, 0.2) is 0 Å². The maximum atomic E-state index is 12.9. The van der Waals surface area contributed by atoms with Crippen molar-refractivity contribution in [3.8, 4) is 89.7 Å². The molecule has 1 N–H and O–H groups in total. The fourth-order valence-corrected chi connectivity index (χ4v) is 12.4. The van der Waals surface area contributed by atoms with Crippen LogP contribution in [0.4, 0.5) is 0 Å². The molecule has 11 aromatic rings. The van der Waals surface area contributed by atoms with E-state index in [1.807, 2.05) is 97.2 Å². The number of pyridine rings is 1. The number of phenolic OH excluding ortho intramolecular Hbond substituents is 1. The first kappa shape index (κ1) is 46.3. The van der Waals surface area contributed by atoms with E-state index >= 15 is 0 Å². The number of para-hydroxylation sites is 2. The minimum atomic E-state index is -1.53. The predicted molar refractivity (Wildman–Crippen MR) is 333 cm³/mol. The summed E-state index contributed by atoms with van der Waals surface area (Å²) in [6.45, 7) is 6.71. The summed E-state index contributed by atoms with van der Waals surface area (Å²) in [4.78, 5) is 10.7. The van der Waals surface area contributed by atoms with Gasteiger partial charge >= 0.3 is 0 Å². The van der Waals surface area contributed by atoms with Gasteiger partial charge in [-0.15, -0.1) is 0 Å². The quantitative estimate of drug-likeness (QED) is 0.133. The molecule has 0 saturated heterocycles. The van der Waals surface area contributed by atoms with Gasteiger partial charge in [-0.1, -0.05) is 222 Å². The molecule has 0 spiro atoms. The van der Waals surface area contributed by atoms with Gasteiger partial charge in [0.2, 0.25) is 0 Å². The monoisotopic (exact) mass is 1040 g/mol. The van der Waals surface area contributed by atoms with E-state index in [-0.39, 0.29) is 17.1 Å². The molecular formula is C76H69N3O. The summed E-state index contributed by atoms with van der Waals surface area (Å²) in [5.74, 6) is -0.805. The Morgan fingerprint density at radius 3 is 1.77 bits per heavy atom. The molecular weight excluding hydrogens is 971 g/mol. The summed E-state index contributed by atoms with van der Waals surface area (Å²) in [5, 5.41) is 12.9. The zero-order chi connectivity index (χ0) is 57.8. The van der Waals surface area contributed by atoms with Crippen LogP contribution in [0.15, 0.2) is 231 Å². The van der Waals surface area contributed by atoms with Gasteiger partial charge in [0, 0.05) is 33.9 Å². The number of benzene rings is 9. The average molecular weight is 1040 g/mol. The molecule has 0 bridgehead atoms. The standard InChI is InChI=1S/C76H69N3O/c1-76(2,3)63-48-61(47-62(49-63)70-50-60(43-44-77-70)57-40-38-56(39-41-57)55-36-34-54(35-37-55)53-21-7-4-8-22-53)65-29-18-32-72-73(65)78-75(68-31-17-30-67(74(68)80)66-28-16-15-27-64(66)58-23-9-5-10-24-58)79(72)71-42-33-52(45-51-19-13-14-20-51)46-69(71)59-25-11-6-12-26-59/h4-12,15-18,21-33,38-44,46-51,54-55,80H,13-14,19-20,34-37,45H2,1-3H3/i45D2,54D,55D. The highest BCUT2D eigenvalue weighted by Crippen LogP contribution is 2.47. The van der Waals surface area contributed by atoms with Crippen molar-refractivity contribution in [1.82, 2.24) is 14.5 Å². The van der Waals surface area contributed by atoms with Crippen LogP contribution in [0.1, 0.15) is 112 Å². The molecule has 0 aliphatic heterocycles. The molecule has 2 aliphatic carbocycles. The van der Waals surface area contributed by atoms with Crippen molar-refractivity contribution >= 4 is 11.0 Å². The van der Waals surface area contributed by atoms with Crippen LogP contribution in [0.3, 0.4) is 0 Å². The van der Waals surface area contributed by atoms with E-state index in [4.69, 9.17) is 9.97 Å². The lowest BCUT2D eigenvalue weighted by Crippen LogP contribution is -2.12. The molecule has 80 heavy (non-hydrogen) atoms. The number of imidazole rings is 1. The van der Waals surface area contributed by atoms with Gasteiger partial charge in [-0.05, 0) is 165 Å². The van der Waals surface area contributed by atoms with Gasteiger partial charge in [-0.25, -0.2) is 4.98 Å². The molecule has 2 aliphatic rings. The van der Waals surface area contributed by atoms with E-state index in [0.717, 1.165) is 120 Å². The predicted octanol–water partition coefficient (Wildman–Crippen LogP) is 20.3. The third-order valence-corrected chi connectivity index (χ3v) is 16.7. The molecule has 2 fully saturated rings. The molecule has 9 aromatic carbocycles. The lowest BCUT2D eigenvalue weighted by molar-refractivity contribution is 0.396. The van der Waals surface area contributed by atoms with Crippen LogP contribution in [0.25, 0.3) is 95.0 Å². The minimum Gasteiger partial charge on any atom is -0.507 e. The van der Waals surface area contributed by atoms with E-state index < -0.39 is 18.2 Å². The topological polar surface area (TPSA) is 50.9 Å². The largest absolute Gasteiger partial charge is 0.507 e. The molecule has 4 nitrogen and oxygen atoms in total. The number of phenols is 1. The fourth-order valence-electron chi connectivity index (χ4n) is 12.4. The van der Waals surface area contributed by atoms with Gasteiger partial charge in [0.1, 0.15) is 11.6 Å². The average Bonchev–Trinajstić information content (AvgIpc) is 2.07. The van der Waals surface area contributed by atoms with Crippen LogP contribution in [0, 0.1) is 5.92 Å². The maximum absolute atomic E-state index is 12.9. The second-order valence-electron chi connectivity index (χ2n) is 22.9. The van der Waals surface area contributed by atoms with Gasteiger partial charge in [-0.2, -0.15) is 0 Å². The SMILES string of the molecule is [2H]C1(c2ccccc2)CCC([2H])(c2ccc(-c3ccnc(-c4cc(-c5cccc6c5nc(-c5cccc(-c7ccccc7-c7ccccc7)c5O)n6-c5ccc(C([2H])([2H])C6CCCC6)cc5-c5ccccc5)cc(C(C)(C)C)c4)c3)cc2)CC1. The van der Waals surface area contributed by atoms with Gasteiger partial charge in [0.05, 0.1) is 28.0 Å². The van der Waals surface area contributed by atoms with E-state index in [0.29, 0.717) is 48.2 Å². The molecule has 394 valence electrons. The lowest BCUT2D eigenvalue weighted by Gasteiger charge is -2.29. The summed E-state index contributed by atoms with van der Waals surface area (Å²) in [7, 11) is 0. The Morgan fingerprint density at radius 2 is 1.07 bits per heavy atom. The highest BCUT2D eigenvalue weighted by Gasteiger charge is 2.27. The number of hydrogen-bond donors (Lipinski definition) is 1. The van der Waals surface area contributed by atoms with Crippen LogP contribution in [0.2, 0.25) is 0 Å². The molecule has 2 heterocycles. The number of nitrogens with zero attached hydrogens (tertiary/aromatic N) is 3. The smallest absolute Gasteiger partial charge is 0.149 e. The third kappa shape index (κ3) is 10.2. The molecule has 4 heteroatoms. The highest BCUT2D eigenvalue weighted by atomic mass is 16.3. The Bertz CT molecular complexity index is 4190. The number of fused-ring (bicyclic) bond motifs is 1. The first-order valence-electron chi connectivity index (χ1n) is 30.6. The van der Waals surface area contributed by atoms with Crippen molar-refractivity contribution in [1.29, 1.82) is 0 Å². The van der Waals surface area contributed by atoms with E-state index in [1.165, 1.54) is 0 Å². The molecule has 0 radical (unpaired) electrons. The Morgan fingerprint density at radius 1 is 0.487 bits per heavy atom. The summed E-state index contributed by atoms with van der Waals surface area (Å²) in [5.41, 5.74) is 17.8. The Labute approximate surface area is 478 Å². The van der Waals surface area contributed by atoms with Gasteiger partial charge < -0.3 is 5.11 Å². The van der Waals surface area contributed by atoms with Crippen LogP contribution in [-0.2, 0) is 11.8 Å². The summed E-state index contributed by atoms with van der Waals surface area (Å²) in [6, 6.07) is 76.7. The number of hydrogen-bond acceptors (Lipinski definition) is 3. The maximum Gasteiger partial charge on any atom is 0.149 e. The lowest BCUT2D eigenvalue weighted by atomic mass is 9.76. The van der Waals surface area contributed by atoms with Crippen molar-refractivity contribution in [3.05, 3.63) is 253 Å². The molecule has 2 saturated carbocycles. The van der Waals surface area contributed by atoms with Crippen LogP contribution >= 0.6 is 0 Å². The number of aromatic nitrogens is 3. The van der Waals surface area contributed by atoms with Crippen molar-refractivity contribution in [2.45, 2.75) is 95.7 Å². The van der Waals surface area contributed by atoms with Crippen LogP contribution in [-0.4, -0.2) is 19.6 Å². The van der Waals surface area contributed by atoms with Crippen molar-refractivity contribution < 1.29 is 10.6 Å². The minimum absolute atomic E-state index is 0.0629.